The standard InChI is InChI=1S/C8H5BrClFO2/c9-6-7(10)5(11)3-4(1-2-12)8(6)13/h2-3,13H,1H2. The minimum absolute atomic E-state index is 0.0431. The SMILES string of the molecule is O=CCc1cc(F)c(Cl)c(Br)c1O. The van der Waals surface area contributed by atoms with Crippen molar-refractivity contribution >= 4 is 33.8 Å². The van der Waals surface area contributed by atoms with Crippen molar-refractivity contribution in [2.45, 2.75) is 6.42 Å². The average molecular weight is 267 g/mol. The maximum atomic E-state index is 13.0. The van der Waals surface area contributed by atoms with E-state index in [4.69, 9.17) is 11.6 Å². The Bertz CT molecular complexity index is 354. The monoisotopic (exact) mass is 266 g/mol. The normalized spacial score (nSPS) is 10.1. The fraction of sp³-hybridized carbons (Fsp3) is 0.125. The van der Waals surface area contributed by atoms with Crippen molar-refractivity contribution < 1.29 is 14.3 Å². The van der Waals surface area contributed by atoms with Crippen LogP contribution in [0.1, 0.15) is 5.56 Å². The summed E-state index contributed by atoms with van der Waals surface area (Å²) in [6, 6.07) is 1.04. The molecular formula is C8H5BrClFO2. The van der Waals surface area contributed by atoms with Crippen LogP contribution in [0.3, 0.4) is 0 Å². The molecule has 0 unspecified atom stereocenters. The minimum Gasteiger partial charge on any atom is -0.506 e. The Balaban J connectivity index is 3.31. The number of hydrogen-bond donors (Lipinski definition) is 1. The number of carbonyl (C=O) groups is 1. The van der Waals surface area contributed by atoms with Crippen LogP contribution in [0.2, 0.25) is 5.02 Å². The van der Waals surface area contributed by atoms with E-state index in [0.29, 0.717) is 6.29 Å². The zero-order valence-corrected chi connectivity index (χ0v) is 8.69. The quantitative estimate of drug-likeness (QED) is 0.661. The lowest BCUT2D eigenvalue weighted by atomic mass is 10.1. The van der Waals surface area contributed by atoms with E-state index in [2.05, 4.69) is 15.9 Å². The molecule has 1 rings (SSSR count). The van der Waals surface area contributed by atoms with Crippen molar-refractivity contribution in [3.05, 3.63) is 26.9 Å². The molecule has 2 nitrogen and oxygen atoms in total. The highest BCUT2D eigenvalue weighted by atomic mass is 79.9. The van der Waals surface area contributed by atoms with E-state index in [9.17, 15) is 14.3 Å². The molecule has 5 heteroatoms. The molecule has 0 amide bonds. The number of phenols is 1. The number of rotatable bonds is 2. The summed E-state index contributed by atoms with van der Waals surface area (Å²) < 4.78 is 13.0. The van der Waals surface area contributed by atoms with Gasteiger partial charge in [-0.2, -0.15) is 0 Å². The summed E-state index contributed by atoms with van der Waals surface area (Å²) in [6.45, 7) is 0. The highest BCUT2D eigenvalue weighted by Gasteiger charge is 2.13. The first-order chi connectivity index (χ1) is 6.07. The molecule has 0 spiro atoms. The smallest absolute Gasteiger partial charge is 0.143 e. The summed E-state index contributed by atoms with van der Waals surface area (Å²) >= 11 is 8.40. The predicted octanol–water partition coefficient (Wildman–Crippen LogP) is 2.69. The van der Waals surface area contributed by atoms with Crippen LogP contribution in [0, 0.1) is 5.82 Å². The molecule has 0 heterocycles. The van der Waals surface area contributed by atoms with Crippen LogP contribution in [-0.2, 0) is 11.2 Å². The van der Waals surface area contributed by atoms with Crippen molar-refractivity contribution in [2.24, 2.45) is 0 Å². The average Bonchev–Trinajstić information content (AvgIpc) is 2.11. The van der Waals surface area contributed by atoms with E-state index in [1.165, 1.54) is 0 Å². The second-order valence-corrected chi connectivity index (χ2v) is 3.54. The Kier molecular flexibility index (Phi) is 3.27. The molecule has 0 fully saturated rings. The molecule has 0 saturated heterocycles. The van der Waals surface area contributed by atoms with Gasteiger partial charge < -0.3 is 9.90 Å². The first-order valence-corrected chi connectivity index (χ1v) is 4.54. The van der Waals surface area contributed by atoms with Crippen molar-refractivity contribution in [3.63, 3.8) is 0 Å². The highest BCUT2D eigenvalue weighted by Crippen LogP contribution is 2.36. The van der Waals surface area contributed by atoms with E-state index in [1.54, 1.807) is 0 Å². The van der Waals surface area contributed by atoms with E-state index < -0.39 is 5.82 Å². The number of carbonyl (C=O) groups excluding carboxylic acids is 1. The van der Waals surface area contributed by atoms with Crippen LogP contribution < -0.4 is 0 Å². The number of benzene rings is 1. The third-order valence-corrected chi connectivity index (χ3v) is 2.89. The zero-order valence-electron chi connectivity index (χ0n) is 6.35. The Morgan fingerprint density at radius 3 is 2.85 bits per heavy atom. The molecule has 0 radical (unpaired) electrons. The molecule has 0 aliphatic rings. The number of halogens is 3. The molecule has 1 N–H and O–H groups in total. The number of aldehydes is 1. The van der Waals surface area contributed by atoms with Gasteiger partial charge in [-0.3, -0.25) is 0 Å². The van der Waals surface area contributed by atoms with Gasteiger partial charge in [0.05, 0.1) is 9.50 Å². The molecule has 0 saturated carbocycles. The van der Waals surface area contributed by atoms with Gasteiger partial charge in [-0.15, -0.1) is 0 Å². The van der Waals surface area contributed by atoms with Crippen molar-refractivity contribution in [1.29, 1.82) is 0 Å². The molecular weight excluding hydrogens is 262 g/mol. The van der Waals surface area contributed by atoms with Crippen LogP contribution in [0.5, 0.6) is 5.75 Å². The third-order valence-electron chi connectivity index (χ3n) is 1.52. The second-order valence-electron chi connectivity index (χ2n) is 2.36. The highest BCUT2D eigenvalue weighted by molar-refractivity contribution is 9.10. The van der Waals surface area contributed by atoms with Crippen molar-refractivity contribution in [3.8, 4) is 5.75 Å². The molecule has 1 aromatic carbocycles. The Hall–Kier alpha value is -0.610. The van der Waals surface area contributed by atoms with E-state index >= 15 is 0 Å². The fourth-order valence-corrected chi connectivity index (χ4v) is 1.47. The lowest BCUT2D eigenvalue weighted by Gasteiger charge is -2.05. The molecule has 1 aromatic rings. The van der Waals surface area contributed by atoms with Gasteiger partial charge in [0.1, 0.15) is 17.9 Å². The van der Waals surface area contributed by atoms with Crippen molar-refractivity contribution in [1.82, 2.24) is 0 Å². The van der Waals surface area contributed by atoms with E-state index in [0.717, 1.165) is 6.07 Å². The van der Waals surface area contributed by atoms with Crippen LogP contribution in [-0.4, -0.2) is 11.4 Å². The maximum absolute atomic E-state index is 13.0. The summed E-state index contributed by atoms with van der Waals surface area (Å²) in [5, 5.41) is 9.19. The lowest BCUT2D eigenvalue weighted by molar-refractivity contribution is -0.107. The Labute approximate surface area is 87.5 Å². The summed E-state index contributed by atoms with van der Waals surface area (Å²) in [4.78, 5) is 10.2. The largest absolute Gasteiger partial charge is 0.506 e. The lowest BCUT2D eigenvalue weighted by Crippen LogP contribution is -1.91. The molecule has 0 aliphatic heterocycles. The second kappa shape index (κ2) is 4.07. The summed E-state index contributed by atoms with van der Waals surface area (Å²) in [5.41, 5.74) is 0.212. The van der Waals surface area contributed by atoms with Gasteiger partial charge in [0.25, 0.3) is 0 Å². The van der Waals surface area contributed by atoms with Crippen LogP contribution in [0.4, 0.5) is 4.39 Å². The van der Waals surface area contributed by atoms with Gasteiger partial charge in [0.2, 0.25) is 0 Å². The molecule has 13 heavy (non-hydrogen) atoms. The fourth-order valence-electron chi connectivity index (χ4n) is 0.880. The topological polar surface area (TPSA) is 37.3 Å². The van der Waals surface area contributed by atoms with Gasteiger partial charge in [0, 0.05) is 12.0 Å². The Morgan fingerprint density at radius 1 is 1.69 bits per heavy atom. The first kappa shape index (κ1) is 10.5. The maximum Gasteiger partial charge on any atom is 0.143 e. The van der Waals surface area contributed by atoms with E-state index in [1.807, 2.05) is 0 Å². The van der Waals surface area contributed by atoms with Gasteiger partial charge >= 0.3 is 0 Å². The van der Waals surface area contributed by atoms with Crippen LogP contribution >= 0.6 is 27.5 Å². The van der Waals surface area contributed by atoms with E-state index in [-0.39, 0.29) is 27.2 Å². The minimum atomic E-state index is -0.664. The number of phenolic OH excluding ortho intramolecular Hbond substituents is 1. The van der Waals surface area contributed by atoms with Crippen molar-refractivity contribution in [2.75, 3.05) is 0 Å². The summed E-state index contributed by atoms with van der Waals surface area (Å²) in [6.07, 6.45) is 0.535. The van der Waals surface area contributed by atoms with Gasteiger partial charge in [0.15, 0.2) is 0 Å². The third kappa shape index (κ3) is 2.00. The zero-order chi connectivity index (χ0) is 10.0. The summed E-state index contributed by atoms with van der Waals surface area (Å²) in [7, 11) is 0. The van der Waals surface area contributed by atoms with Crippen LogP contribution in [0.25, 0.3) is 0 Å². The molecule has 0 aromatic heterocycles. The number of hydrogen-bond acceptors (Lipinski definition) is 2. The first-order valence-electron chi connectivity index (χ1n) is 3.37. The Morgan fingerprint density at radius 2 is 2.31 bits per heavy atom. The molecule has 70 valence electrons. The van der Waals surface area contributed by atoms with Gasteiger partial charge in [-0.1, -0.05) is 11.6 Å². The predicted molar refractivity (Wildman–Crippen MR) is 50.5 cm³/mol. The van der Waals surface area contributed by atoms with Gasteiger partial charge in [-0.25, -0.2) is 4.39 Å². The van der Waals surface area contributed by atoms with Gasteiger partial charge in [-0.05, 0) is 22.0 Å². The molecule has 0 atom stereocenters. The number of aromatic hydroxyl groups is 1. The summed E-state index contributed by atoms with van der Waals surface area (Å²) in [5.74, 6) is -0.860. The van der Waals surface area contributed by atoms with Crippen LogP contribution in [0.15, 0.2) is 10.5 Å². The molecule has 0 aliphatic carbocycles. The molecule has 0 bridgehead atoms.